The van der Waals surface area contributed by atoms with Crippen LogP contribution in [0.1, 0.15) is 19.4 Å². The monoisotopic (exact) mass is 332 g/mol. The summed E-state index contributed by atoms with van der Waals surface area (Å²) < 4.78 is 1.86. The maximum Gasteiger partial charge on any atom is 0.113 e. The number of rotatable bonds is 6. The van der Waals surface area contributed by atoms with Crippen LogP contribution < -0.4 is 4.90 Å². The van der Waals surface area contributed by atoms with E-state index in [9.17, 15) is 0 Å². The Balaban J connectivity index is 2.11. The highest BCUT2D eigenvalue weighted by Gasteiger charge is 2.13. The van der Waals surface area contributed by atoms with Crippen molar-refractivity contribution in [2.45, 2.75) is 13.8 Å². The molecule has 0 bridgehead atoms. The van der Waals surface area contributed by atoms with Gasteiger partial charge in [-0.15, -0.1) is 5.10 Å². The first-order valence-electron chi connectivity index (χ1n) is 8.49. The molecule has 0 radical (unpaired) electrons. The van der Waals surface area contributed by atoms with Gasteiger partial charge in [-0.3, -0.25) is 0 Å². The molecule has 3 rings (SSSR count). The Bertz CT molecular complexity index is 921. The molecule has 0 saturated carbocycles. The molecule has 128 valence electrons. The van der Waals surface area contributed by atoms with Gasteiger partial charge in [0.25, 0.3) is 0 Å². The molecule has 0 aliphatic rings. The third-order valence-corrected chi connectivity index (χ3v) is 4.22. The van der Waals surface area contributed by atoms with Gasteiger partial charge >= 0.3 is 0 Å². The van der Waals surface area contributed by atoms with Gasteiger partial charge in [0.1, 0.15) is 5.52 Å². The summed E-state index contributed by atoms with van der Waals surface area (Å²) >= 11 is 0. The highest BCUT2D eigenvalue weighted by atomic mass is 15.4. The zero-order valence-electron chi connectivity index (χ0n) is 15.1. The quantitative estimate of drug-likeness (QED) is 0.613. The maximum absolute atomic E-state index is 4.31. The maximum atomic E-state index is 4.31. The van der Waals surface area contributed by atoms with Crippen LogP contribution >= 0.6 is 0 Å². The van der Waals surface area contributed by atoms with Crippen LogP contribution in [0.25, 0.3) is 22.3 Å². The fraction of sp³-hybridized carbons (Fsp3) is 0.238. The Morgan fingerprint density at radius 1 is 1.24 bits per heavy atom. The van der Waals surface area contributed by atoms with Crippen LogP contribution in [0.2, 0.25) is 0 Å². The average molecular weight is 332 g/mol. The first-order chi connectivity index (χ1) is 12.0. The van der Waals surface area contributed by atoms with E-state index in [-0.39, 0.29) is 0 Å². The van der Waals surface area contributed by atoms with Crippen LogP contribution in [-0.4, -0.2) is 28.6 Å². The normalized spacial score (nSPS) is 11.0. The van der Waals surface area contributed by atoms with Gasteiger partial charge in [0.05, 0.1) is 11.2 Å². The molecule has 0 atom stereocenters. The van der Waals surface area contributed by atoms with Gasteiger partial charge in [-0.25, -0.2) is 4.68 Å². The molecule has 0 aliphatic heterocycles. The summed E-state index contributed by atoms with van der Waals surface area (Å²) in [6, 6.07) is 14.3. The van der Waals surface area contributed by atoms with Crippen molar-refractivity contribution in [2.24, 2.45) is 5.92 Å². The molecule has 0 N–H and O–H groups in total. The van der Waals surface area contributed by atoms with Crippen LogP contribution in [0.15, 0.2) is 61.7 Å². The van der Waals surface area contributed by atoms with Crippen LogP contribution in [0, 0.1) is 5.92 Å². The fourth-order valence-electron chi connectivity index (χ4n) is 3.06. The van der Waals surface area contributed by atoms with Crippen molar-refractivity contribution in [3.05, 3.63) is 67.3 Å². The van der Waals surface area contributed by atoms with E-state index in [0.29, 0.717) is 5.92 Å². The first-order valence-corrected chi connectivity index (χ1v) is 8.49. The van der Waals surface area contributed by atoms with Crippen LogP contribution in [0.4, 0.5) is 5.69 Å². The van der Waals surface area contributed by atoms with E-state index in [1.54, 1.807) is 6.08 Å². The van der Waals surface area contributed by atoms with Crippen LogP contribution in [0.3, 0.4) is 0 Å². The Hall–Kier alpha value is -2.88. The highest BCUT2D eigenvalue weighted by molar-refractivity contribution is 5.83. The van der Waals surface area contributed by atoms with Gasteiger partial charge in [-0.1, -0.05) is 50.4 Å². The summed E-state index contributed by atoms with van der Waals surface area (Å²) in [7, 11) is 2.11. The van der Waals surface area contributed by atoms with Crippen molar-refractivity contribution in [2.75, 3.05) is 18.5 Å². The summed E-state index contributed by atoms with van der Waals surface area (Å²) in [6.45, 7) is 13.5. The lowest BCUT2D eigenvalue weighted by atomic mass is 10.0. The van der Waals surface area contributed by atoms with Gasteiger partial charge in [0, 0.05) is 24.8 Å². The minimum absolute atomic E-state index is 0.578. The largest absolute Gasteiger partial charge is 0.374 e. The second-order valence-electron chi connectivity index (χ2n) is 6.70. The third kappa shape index (κ3) is 3.33. The number of para-hydroxylation sites is 1. The minimum atomic E-state index is 0.578. The zero-order valence-corrected chi connectivity index (χ0v) is 15.1. The molecule has 1 heterocycles. The molecule has 0 amide bonds. The van der Waals surface area contributed by atoms with E-state index >= 15 is 0 Å². The number of hydrogen-bond acceptors (Lipinski definition) is 3. The third-order valence-electron chi connectivity index (χ3n) is 4.22. The smallest absolute Gasteiger partial charge is 0.113 e. The Morgan fingerprint density at radius 2 is 2.00 bits per heavy atom. The van der Waals surface area contributed by atoms with Gasteiger partial charge in [-0.2, -0.15) is 0 Å². The van der Waals surface area contributed by atoms with Crippen LogP contribution in [0.5, 0.6) is 0 Å². The predicted molar refractivity (Wildman–Crippen MR) is 106 cm³/mol. The lowest BCUT2D eigenvalue weighted by Gasteiger charge is -2.25. The SMILES string of the molecule is C=CC(=C)c1cc(-n2nnc3ccccc32)ccc1N(C)CC(C)C. The van der Waals surface area contributed by atoms with Crippen LogP contribution in [-0.2, 0) is 0 Å². The van der Waals surface area contributed by atoms with Crippen molar-refractivity contribution < 1.29 is 0 Å². The van der Waals surface area contributed by atoms with Crippen molar-refractivity contribution >= 4 is 22.3 Å². The number of benzene rings is 2. The molecule has 0 saturated heterocycles. The molecule has 25 heavy (non-hydrogen) atoms. The van der Waals surface area contributed by atoms with E-state index in [0.717, 1.165) is 40.1 Å². The summed E-state index contributed by atoms with van der Waals surface area (Å²) in [4.78, 5) is 2.26. The van der Waals surface area contributed by atoms with E-state index in [2.05, 4.69) is 67.5 Å². The van der Waals surface area contributed by atoms with Crippen molar-refractivity contribution in [1.29, 1.82) is 0 Å². The minimum Gasteiger partial charge on any atom is -0.374 e. The molecular weight excluding hydrogens is 308 g/mol. The standard InChI is InChI=1S/C21H24N4/c1-6-16(4)18-13-17(11-12-20(18)24(5)14-15(2)3)25-21-10-8-7-9-19(21)22-23-25/h6-13,15H,1,4,14H2,2-3,5H3. The second kappa shape index (κ2) is 6.93. The Labute approximate surface area is 149 Å². The molecule has 1 aromatic heterocycles. The molecule has 3 aromatic rings. The molecule has 0 unspecified atom stereocenters. The summed E-state index contributed by atoms with van der Waals surface area (Å²) in [5.74, 6) is 0.578. The summed E-state index contributed by atoms with van der Waals surface area (Å²) in [5.41, 5.74) is 5.95. The number of hydrogen-bond donors (Lipinski definition) is 0. The van der Waals surface area contributed by atoms with Crippen molar-refractivity contribution in [3.8, 4) is 5.69 Å². The molecule has 2 aromatic carbocycles. The number of aromatic nitrogens is 3. The Morgan fingerprint density at radius 3 is 2.72 bits per heavy atom. The molecule has 0 spiro atoms. The van der Waals surface area contributed by atoms with E-state index in [4.69, 9.17) is 0 Å². The molecule has 0 fully saturated rings. The molecule has 4 nitrogen and oxygen atoms in total. The number of fused-ring (bicyclic) bond motifs is 1. The van der Waals surface area contributed by atoms with Gasteiger partial charge in [-0.05, 0) is 41.8 Å². The summed E-state index contributed by atoms with van der Waals surface area (Å²) in [5, 5.41) is 8.56. The number of nitrogens with zero attached hydrogens (tertiary/aromatic N) is 4. The predicted octanol–water partition coefficient (Wildman–Crippen LogP) is 4.71. The van der Waals surface area contributed by atoms with E-state index in [1.807, 2.05) is 28.9 Å². The van der Waals surface area contributed by atoms with Gasteiger partial charge < -0.3 is 4.90 Å². The highest BCUT2D eigenvalue weighted by Crippen LogP contribution is 2.30. The summed E-state index contributed by atoms with van der Waals surface area (Å²) in [6.07, 6.45) is 1.80. The molecule has 4 heteroatoms. The van der Waals surface area contributed by atoms with Crippen molar-refractivity contribution in [1.82, 2.24) is 15.0 Å². The van der Waals surface area contributed by atoms with Gasteiger partial charge in [0.15, 0.2) is 0 Å². The lowest BCUT2D eigenvalue weighted by molar-refractivity contribution is 0.638. The van der Waals surface area contributed by atoms with Gasteiger partial charge in [0.2, 0.25) is 0 Å². The zero-order chi connectivity index (χ0) is 18.0. The average Bonchev–Trinajstić information content (AvgIpc) is 3.04. The number of allylic oxidation sites excluding steroid dienone is 2. The second-order valence-corrected chi connectivity index (χ2v) is 6.70. The lowest BCUT2D eigenvalue weighted by Crippen LogP contribution is -2.23. The number of anilines is 1. The van der Waals surface area contributed by atoms with Crippen molar-refractivity contribution in [3.63, 3.8) is 0 Å². The van der Waals surface area contributed by atoms with E-state index < -0.39 is 0 Å². The Kier molecular flexibility index (Phi) is 4.70. The fourth-order valence-corrected chi connectivity index (χ4v) is 3.06. The molecular formula is C21H24N4. The first kappa shape index (κ1) is 17.0. The van der Waals surface area contributed by atoms with E-state index in [1.165, 1.54) is 0 Å². The topological polar surface area (TPSA) is 34.0 Å². The molecule has 0 aliphatic carbocycles.